The van der Waals surface area contributed by atoms with Gasteiger partial charge in [-0.2, -0.15) is 0 Å². The number of aryl methyl sites for hydroxylation is 1. The van der Waals surface area contributed by atoms with Crippen molar-refractivity contribution in [2.24, 2.45) is 0 Å². The average Bonchev–Trinajstić information content (AvgIpc) is 2.60. The fourth-order valence-electron chi connectivity index (χ4n) is 2.48. The first kappa shape index (κ1) is 17.3. The summed E-state index contributed by atoms with van der Waals surface area (Å²) >= 11 is 0. The molecule has 0 saturated heterocycles. The third-order valence-electron chi connectivity index (χ3n) is 3.88. The Labute approximate surface area is 138 Å². The van der Waals surface area contributed by atoms with Gasteiger partial charge in [0.2, 0.25) is 0 Å². The van der Waals surface area contributed by atoms with Crippen LogP contribution < -0.4 is 14.8 Å². The second-order valence-corrected chi connectivity index (χ2v) is 5.64. The molecule has 0 saturated carbocycles. The van der Waals surface area contributed by atoms with Crippen LogP contribution >= 0.6 is 0 Å². The summed E-state index contributed by atoms with van der Waals surface area (Å²) in [7, 11) is 3.23. The molecule has 1 aromatic carbocycles. The van der Waals surface area contributed by atoms with E-state index in [0.717, 1.165) is 31.5 Å². The highest BCUT2D eigenvalue weighted by Gasteiger charge is 2.07. The fraction of sp³-hybridized carbons (Fsp3) is 0.421. The third kappa shape index (κ3) is 5.57. The van der Waals surface area contributed by atoms with Gasteiger partial charge in [0.25, 0.3) is 5.88 Å². The number of nitrogens with zero attached hydrogens (tertiary/aromatic N) is 1. The van der Waals surface area contributed by atoms with E-state index < -0.39 is 0 Å². The van der Waals surface area contributed by atoms with E-state index in [0.29, 0.717) is 17.7 Å². The molecule has 0 bridgehead atoms. The Morgan fingerprint density at radius 2 is 1.78 bits per heavy atom. The SMILES string of the molecule is COc1ccc(CCN[C@@H](C)CCc2ccccc2)nc1OC. The van der Waals surface area contributed by atoms with Crippen molar-refractivity contribution < 1.29 is 9.47 Å². The zero-order chi connectivity index (χ0) is 16.5. The Hall–Kier alpha value is -2.07. The monoisotopic (exact) mass is 314 g/mol. The molecule has 2 rings (SSSR count). The summed E-state index contributed by atoms with van der Waals surface area (Å²) in [6.45, 7) is 3.13. The first-order chi connectivity index (χ1) is 11.2. The molecule has 2 aromatic rings. The molecule has 23 heavy (non-hydrogen) atoms. The number of methoxy groups -OCH3 is 2. The van der Waals surface area contributed by atoms with Gasteiger partial charge in [0.1, 0.15) is 0 Å². The zero-order valence-electron chi connectivity index (χ0n) is 14.2. The number of nitrogens with one attached hydrogen (secondary N) is 1. The quantitative estimate of drug-likeness (QED) is 0.771. The molecular weight excluding hydrogens is 288 g/mol. The summed E-state index contributed by atoms with van der Waals surface area (Å²) in [5, 5.41) is 3.56. The normalized spacial score (nSPS) is 12.0. The van der Waals surface area contributed by atoms with Crippen molar-refractivity contribution in [2.75, 3.05) is 20.8 Å². The van der Waals surface area contributed by atoms with E-state index in [1.807, 2.05) is 12.1 Å². The van der Waals surface area contributed by atoms with Crippen molar-refractivity contribution >= 4 is 0 Å². The first-order valence-electron chi connectivity index (χ1n) is 8.08. The third-order valence-corrected chi connectivity index (χ3v) is 3.88. The van der Waals surface area contributed by atoms with Crippen molar-refractivity contribution in [3.8, 4) is 11.6 Å². The van der Waals surface area contributed by atoms with Crippen molar-refractivity contribution in [3.05, 3.63) is 53.7 Å². The van der Waals surface area contributed by atoms with Crippen molar-refractivity contribution in [1.82, 2.24) is 10.3 Å². The van der Waals surface area contributed by atoms with Gasteiger partial charge in [-0.15, -0.1) is 0 Å². The number of pyridine rings is 1. The molecule has 0 unspecified atom stereocenters. The standard InChI is InChI=1S/C19H26N2O2/c1-15(9-10-16-7-5-4-6-8-16)20-14-13-17-11-12-18(22-2)19(21-17)23-3/h4-8,11-12,15,20H,9-10,13-14H2,1-3H3/t15-/m0/s1. The summed E-state index contributed by atoms with van der Waals surface area (Å²) in [6, 6.07) is 15.0. The summed E-state index contributed by atoms with van der Waals surface area (Å²) < 4.78 is 10.4. The lowest BCUT2D eigenvalue weighted by molar-refractivity contribution is 0.341. The number of benzene rings is 1. The molecule has 0 spiro atoms. The predicted molar refractivity (Wildman–Crippen MR) is 93.3 cm³/mol. The maximum Gasteiger partial charge on any atom is 0.256 e. The van der Waals surface area contributed by atoms with Crippen molar-refractivity contribution in [1.29, 1.82) is 0 Å². The second-order valence-electron chi connectivity index (χ2n) is 5.64. The molecule has 1 heterocycles. The zero-order valence-corrected chi connectivity index (χ0v) is 14.2. The summed E-state index contributed by atoms with van der Waals surface area (Å²) in [4.78, 5) is 4.47. The summed E-state index contributed by atoms with van der Waals surface area (Å²) in [5.74, 6) is 1.21. The molecule has 0 aliphatic rings. The topological polar surface area (TPSA) is 43.4 Å². The van der Waals surface area contributed by atoms with Gasteiger partial charge in [0.05, 0.1) is 14.2 Å². The van der Waals surface area contributed by atoms with E-state index in [1.54, 1.807) is 14.2 Å². The molecule has 1 atom stereocenters. The Kier molecular flexibility index (Phi) is 6.88. The van der Waals surface area contributed by atoms with Gasteiger partial charge < -0.3 is 14.8 Å². The largest absolute Gasteiger partial charge is 0.491 e. The van der Waals surface area contributed by atoms with Gasteiger partial charge in [-0.05, 0) is 37.5 Å². The van der Waals surface area contributed by atoms with Crippen LogP contribution in [-0.4, -0.2) is 31.8 Å². The maximum atomic E-state index is 5.24. The lowest BCUT2D eigenvalue weighted by atomic mass is 10.1. The molecule has 124 valence electrons. The number of aromatic nitrogens is 1. The molecule has 1 aromatic heterocycles. The Morgan fingerprint density at radius 1 is 1.00 bits per heavy atom. The minimum absolute atomic E-state index is 0.482. The van der Waals surface area contributed by atoms with E-state index in [1.165, 1.54) is 5.56 Å². The minimum Gasteiger partial charge on any atom is -0.491 e. The van der Waals surface area contributed by atoms with E-state index in [-0.39, 0.29) is 0 Å². The van der Waals surface area contributed by atoms with Crippen LogP contribution in [0.4, 0.5) is 0 Å². The lowest BCUT2D eigenvalue weighted by Gasteiger charge is -2.14. The van der Waals surface area contributed by atoms with Crippen molar-refractivity contribution in [2.45, 2.75) is 32.2 Å². The molecule has 0 fully saturated rings. The van der Waals surface area contributed by atoms with Gasteiger partial charge >= 0.3 is 0 Å². The second kappa shape index (κ2) is 9.16. The molecular formula is C19H26N2O2. The molecule has 0 aliphatic heterocycles. The maximum absolute atomic E-state index is 5.24. The van der Waals surface area contributed by atoms with Crippen LogP contribution in [0.1, 0.15) is 24.6 Å². The molecule has 4 nitrogen and oxygen atoms in total. The Balaban J connectivity index is 1.74. The van der Waals surface area contributed by atoms with Crippen LogP contribution in [0.15, 0.2) is 42.5 Å². The van der Waals surface area contributed by atoms with Gasteiger partial charge in [0, 0.05) is 24.7 Å². The first-order valence-corrected chi connectivity index (χ1v) is 8.08. The molecule has 4 heteroatoms. The van der Waals surface area contributed by atoms with Crippen LogP contribution in [0.25, 0.3) is 0 Å². The average molecular weight is 314 g/mol. The van der Waals surface area contributed by atoms with Gasteiger partial charge in [-0.25, -0.2) is 4.98 Å². The molecule has 0 aliphatic carbocycles. The molecule has 0 amide bonds. The number of rotatable bonds is 9. The Bertz CT molecular complexity index is 587. The van der Waals surface area contributed by atoms with E-state index in [2.05, 4.69) is 47.6 Å². The smallest absolute Gasteiger partial charge is 0.256 e. The van der Waals surface area contributed by atoms with Gasteiger partial charge in [-0.3, -0.25) is 0 Å². The van der Waals surface area contributed by atoms with Crippen LogP contribution in [0.2, 0.25) is 0 Å². The fourth-order valence-corrected chi connectivity index (χ4v) is 2.48. The van der Waals surface area contributed by atoms with E-state index in [9.17, 15) is 0 Å². The number of ether oxygens (including phenoxy) is 2. The summed E-state index contributed by atoms with van der Waals surface area (Å²) in [5.41, 5.74) is 2.40. The highest BCUT2D eigenvalue weighted by molar-refractivity contribution is 5.34. The minimum atomic E-state index is 0.482. The highest BCUT2D eigenvalue weighted by atomic mass is 16.5. The highest BCUT2D eigenvalue weighted by Crippen LogP contribution is 2.23. The van der Waals surface area contributed by atoms with Crippen LogP contribution in [0.3, 0.4) is 0 Å². The van der Waals surface area contributed by atoms with E-state index in [4.69, 9.17) is 9.47 Å². The summed E-state index contributed by atoms with van der Waals surface area (Å²) in [6.07, 6.45) is 3.10. The number of hydrogen-bond donors (Lipinski definition) is 1. The van der Waals surface area contributed by atoms with Gasteiger partial charge in [0.15, 0.2) is 5.75 Å². The van der Waals surface area contributed by atoms with Crippen molar-refractivity contribution in [3.63, 3.8) is 0 Å². The Morgan fingerprint density at radius 3 is 2.48 bits per heavy atom. The van der Waals surface area contributed by atoms with Crippen LogP contribution in [0.5, 0.6) is 11.6 Å². The van der Waals surface area contributed by atoms with Crippen LogP contribution in [-0.2, 0) is 12.8 Å². The lowest BCUT2D eigenvalue weighted by Crippen LogP contribution is -2.28. The molecule has 0 radical (unpaired) electrons. The number of hydrogen-bond acceptors (Lipinski definition) is 4. The molecule has 1 N–H and O–H groups in total. The van der Waals surface area contributed by atoms with E-state index >= 15 is 0 Å². The van der Waals surface area contributed by atoms with Gasteiger partial charge in [-0.1, -0.05) is 30.3 Å². The van der Waals surface area contributed by atoms with Crippen LogP contribution in [0, 0.1) is 0 Å². The predicted octanol–water partition coefficient (Wildman–Crippen LogP) is 3.25.